The number of carbonyl (C=O) groups excluding carboxylic acids is 3. The van der Waals surface area contributed by atoms with Crippen molar-refractivity contribution < 1.29 is 14.4 Å². The van der Waals surface area contributed by atoms with Gasteiger partial charge in [0.1, 0.15) is 12.3 Å². The van der Waals surface area contributed by atoms with Crippen LogP contribution in [0.25, 0.3) is 12.2 Å². The van der Waals surface area contributed by atoms with Crippen LogP contribution in [0.3, 0.4) is 0 Å². The summed E-state index contributed by atoms with van der Waals surface area (Å²) in [7, 11) is 0. The van der Waals surface area contributed by atoms with Crippen molar-refractivity contribution in [2.75, 3.05) is 13.1 Å². The summed E-state index contributed by atoms with van der Waals surface area (Å²) in [4.78, 5) is 41.5. The van der Waals surface area contributed by atoms with Crippen LogP contribution in [0.1, 0.15) is 36.8 Å². The first-order valence-corrected chi connectivity index (χ1v) is 11.7. The number of benzene rings is 2. The van der Waals surface area contributed by atoms with Crippen molar-refractivity contribution in [2.24, 2.45) is 0 Å². The molecule has 2 atom stereocenters. The number of nitrogens with zero attached hydrogens (tertiary/aromatic N) is 2. The molecule has 0 saturated carbocycles. The van der Waals surface area contributed by atoms with Crippen LogP contribution in [-0.4, -0.2) is 53.1 Å². The number of rotatable bonds is 6. The van der Waals surface area contributed by atoms with E-state index in [1.807, 2.05) is 60.7 Å². The van der Waals surface area contributed by atoms with Gasteiger partial charge >= 0.3 is 6.03 Å². The van der Waals surface area contributed by atoms with Gasteiger partial charge in [0, 0.05) is 25.2 Å². The Kier molecular flexibility index (Phi) is 7.75. The van der Waals surface area contributed by atoms with Gasteiger partial charge in [-0.2, -0.15) is 0 Å². The third kappa shape index (κ3) is 6.13. The fourth-order valence-electron chi connectivity index (χ4n) is 4.36. The van der Waals surface area contributed by atoms with E-state index >= 15 is 0 Å². The molecule has 2 N–H and O–H groups in total. The van der Waals surface area contributed by atoms with E-state index in [1.54, 1.807) is 34.1 Å². The maximum atomic E-state index is 12.7. The number of urea groups is 1. The Morgan fingerprint density at radius 2 is 1.09 bits per heavy atom. The van der Waals surface area contributed by atoms with Crippen molar-refractivity contribution in [3.05, 3.63) is 83.9 Å². The molecule has 2 fully saturated rings. The number of nitrogens with one attached hydrogen (secondary N) is 2. The van der Waals surface area contributed by atoms with Crippen LogP contribution in [0.4, 0.5) is 4.79 Å². The van der Waals surface area contributed by atoms with Crippen LogP contribution in [0.2, 0.25) is 0 Å². The smallest absolute Gasteiger partial charge is 0.318 e. The van der Waals surface area contributed by atoms with Gasteiger partial charge in [0.05, 0.1) is 0 Å². The predicted octanol–water partition coefficient (Wildman–Crippen LogP) is 3.61. The van der Waals surface area contributed by atoms with Crippen LogP contribution in [0, 0.1) is 0 Å². The van der Waals surface area contributed by atoms with E-state index in [-0.39, 0.29) is 30.2 Å². The van der Waals surface area contributed by atoms with Gasteiger partial charge < -0.3 is 20.4 Å². The van der Waals surface area contributed by atoms with Gasteiger partial charge in [-0.15, -0.1) is 0 Å². The molecule has 7 nitrogen and oxygen atoms in total. The van der Waals surface area contributed by atoms with Gasteiger partial charge in [-0.1, -0.05) is 60.7 Å². The second kappa shape index (κ2) is 11.3. The quantitative estimate of drug-likeness (QED) is 0.649. The molecule has 7 heteroatoms. The lowest BCUT2D eigenvalue weighted by molar-refractivity contribution is -0.127. The molecule has 0 aliphatic carbocycles. The Hall–Kier alpha value is -3.87. The topological polar surface area (TPSA) is 81.8 Å². The highest BCUT2D eigenvalue weighted by molar-refractivity contribution is 5.93. The number of carbonyl (C=O) groups is 3. The summed E-state index contributed by atoms with van der Waals surface area (Å²) in [5, 5.41) is 5.83. The SMILES string of the molecule is O=C(N[C@H]1CCCN1C(=O)/C=C/c1ccccc1)N[C@@H]1CCCN1C(=O)/C=C/c1ccccc1. The highest BCUT2D eigenvalue weighted by atomic mass is 16.2. The molecular formula is C27H30N4O3. The third-order valence-electron chi connectivity index (χ3n) is 6.10. The summed E-state index contributed by atoms with van der Waals surface area (Å²) in [6.45, 7) is 1.20. The number of hydrogen-bond donors (Lipinski definition) is 2. The van der Waals surface area contributed by atoms with Crippen LogP contribution in [0.5, 0.6) is 0 Å². The summed E-state index contributed by atoms with van der Waals surface area (Å²) >= 11 is 0. The summed E-state index contributed by atoms with van der Waals surface area (Å²) in [5.41, 5.74) is 1.90. The van der Waals surface area contributed by atoms with Gasteiger partial charge in [-0.25, -0.2) is 4.79 Å². The first kappa shape index (κ1) is 23.3. The Balaban J connectivity index is 1.30. The highest BCUT2D eigenvalue weighted by Crippen LogP contribution is 2.18. The van der Waals surface area contributed by atoms with Crippen LogP contribution < -0.4 is 10.6 Å². The van der Waals surface area contributed by atoms with Crippen molar-refractivity contribution >= 4 is 30.0 Å². The maximum Gasteiger partial charge on any atom is 0.318 e. The van der Waals surface area contributed by atoms with Crippen molar-refractivity contribution in [3.63, 3.8) is 0 Å². The summed E-state index contributed by atoms with van der Waals surface area (Å²) in [5.74, 6) is -0.259. The molecule has 2 aliphatic heterocycles. The van der Waals surface area contributed by atoms with E-state index in [0.29, 0.717) is 25.9 Å². The minimum absolute atomic E-state index is 0.129. The lowest BCUT2D eigenvalue weighted by Crippen LogP contribution is -2.54. The van der Waals surface area contributed by atoms with Gasteiger partial charge in [-0.05, 0) is 49.0 Å². The molecule has 2 aliphatic rings. The number of amides is 4. The minimum atomic E-state index is -0.367. The zero-order valence-electron chi connectivity index (χ0n) is 19.1. The lowest BCUT2D eigenvalue weighted by atomic mass is 10.2. The molecule has 0 aromatic heterocycles. The first-order chi connectivity index (χ1) is 16.6. The Morgan fingerprint density at radius 3 is 1.50 bits per heavy atom. The van der Waals surface area contributed by atoms with E-state index in [4.69, 9.17) is 0 Å². The van der Waals surface area contributed by atoms with Gasteiger partial charge in [0.2, 0.25) is 11.8 Å². The molecule has 0 radical (unpaired) electrons. The zero-order valence-corrected chi connectivity index (χ0v) is 19.1. The lowest BCUT2D eigenvalue weighted by Gasteiger charge is -2.28. The molecule has 0 unspecified atom stereocenters. The third-order valence-corrected chi connectivity index (χ3v) is 6.10. The summed E-state index contributed by atoms with van der Waals surface area (Å²) < 4.78 is 0. The normalized spacial score (nSPS) is 20.2. The molecule has 2 aromatic rings. The fourth-order valence-corrected chi connectivity index (χ4v) is 4.36. The standard InChI is InChI=1S/C27H30N4O3/c32-25(17-15-21-9-3-1-4-10-21)30-19-7-13-23(30)28-27(34)29-24-14-8-20-31(24)26(33)18-16-22-11-5-2-6-12-22/h1-6,9-12,15-18,23-24H,7-8,13-14,19-20H2,(H2,28,29,34)/b17-15+,18-16+/t23-,24+. The van der Waals surface area contributed by atoms with Crippen molar-refractivity contribution in [1.82, 2.24) is 20.4 Å². The van der Waals surface area contributed by atoms with E-state index in [0.717, 1.165) is 24.0 Å². The van der Waals surface area contributed by atoms with E-state index in [9.17, 15) is 14.4 Å². The van der Waals surface area contributed by atoms with Gasteiger partial charge in [0.15, 0.2) is 0 Å². The molecule has 2 saturated heterocycles. The Morgan fingerprint density at radius 1 is 0.676 bits per heavy atom. The van der Waals surface area contributed by atoms with Gasteiger partial charge in [-0.3, -0.25) is 9.59 Å². The minimum Gasteiger partial charge on any atom is -0.319 e. The number of hydrogen-bond acceptors (Lipinski definition) is 3. The van der Waals surface area contributed by atoms with Crippen molar-refractivity contribution in [2.45, 2.75) is 38.0 Å². The molecule has 0 spiro atoms. The Labute approximate surface area is 200 Å². The molecule has 4 amide bonds. The monoisotopic (exact) mass is 458 g/mol. The fraction of sp³-hybridized carbons (Fsp3) is 0.296. The van der Waals surface area contributed by atoms with E-state index < -0.39 is 0 Å². The molecule has 4 rings (SSSR count). The second-order valence-corrected chi connectivity index (χ2v) is 8.49. The average Bonchev–Trinajstić information content (AvgIpc) is 3.52. The molecule has 2 aromatic carbocycles. The Bertz CT molecular complexity index is 969. The first-order valence-electron chi connectivity index (χ1n) is 11.7. The van der Waals surface area contributed by atoms with E-state index in [1.165, 1.54) is 0 Å². The van der Waals surface area contributed by atoms with Crippen molar-refractivity contribution in [1.29, 1.82) is 0 Å². The van der Waals surface area contributed by atoms with E-state index in [2.05, 4.69) is 10.6 Å². The zero-order chi connectivity index (χ0) is 23.8. The molecule has 2 heterocycles. The highest BCUT2D eigenvalue weighted by Gasteiger charge is 2.32. The largest absolute Gasteiger partial charge is 0.319 e. The predicted molar refractivity (Wildman–Crippen MR) is 132 cm³/mol. The average molecular weight is 459 g/mol. The summed E-state index contributed by atoms with van der Waals surface area (Å²) in [6.07, 6.45) is 8.98. The molecule has 0 bridgehead atoms. The summed E-state index contributed by atoms with van der Waals surface area (Å²) in [6, 6.07) is 18.9. The molecular weight excluding hydrogens is 428 g/mol. The van der Waals surface area contributed by atoms with Crippen molar-refractivity contribution in [3.8, 4) is 0 Å². The molecule has 176 valence electrons. The van der Waals surface area contributed by atoms with Crippen LogP contribution in [0.15, 0.2) is 72.8 Å². The second-order valence-electron chi connectivity index (χ2n) is 8.49. The number of likely N-dealkylation sites (tertiary alicyclic amines) is 2. The molecule has 34 heavy (non-hydrogen) atoms. The van der Waals surface area contributed by atoms with Crippen LogP contribution >= 0.6 is 0 Å². The maximum absolute atomic E-state index is 12.7. The van der Waals surface area contributed by atoms with Gasteiger partial charge in [0.25, 0.3) is 0 Å². The van der Waals surface area contributed by atoms with Crippen LogP contribution in [-0.2, 0) is 9.59 Å².